The Bertz CT molecular complexity index is 1540. The van der Waals surface area contributed by atoms with Gasteiger partial charge >= 0.3 is 5.97 Å². The molecule has 3 heterocycles. The summed E-state index contributed by atoms with van der Waals surface area (Å²) in [6, 6.07) is 14.9. The summed E-state index contributed by atoms with van der Waals surface area (Å²) in [5.41, 5.74) is 2.38. The highest BCUT2D eigenvalue weighted by atomic mass is 35.5. The van der Waals surface area contributed by atoms with Crippen LogP contribution in [0.5, 0.6) is 11.5 Å². The molecule has 0 fully saturated rings. The van der Waals surface area contributed by atoms with Crippen LogP contribution >= 0.6 is 11.6 Å². The van der Waals surface area contributed by atoms with E-state index in [9.17, 15) is 15.0 Å². The molecule has 1 atom stereocenters. The fourth-order valence-electron chi connectivity index (χ4n) is 3.87. The molecular weight excluding hydrogens is 498 g/mol. The van der Waals surface area contributed by atoms with Crippen molar-refractivity contribution < 1.29 is 24.5 Å². The molecule has 0 saturated carbocycles. The van der Waals surface area contributed by atoms with E-state index in [1.807, 2.05) is 42.5 Å². The molecule has 1 aliphatic rings. The molecule has 0 saturated heterocycles. The second-order valence-corrected chi connectivity index (χ2v) is 9.10. The van der Waals surface area contributed by atoms with Crippen molar-refractivity contribution in [2.45, 2.75) is 12.5 Å². The number of aliphatic hydroxyl groups excluding tert-OH is 1. The van der Waals surface area contributed by atoms with Gasteiger partial charge in [-0.3, -0.25) is 9.67 Å². The number of hydrogen-bond acceptors (Lipinski definition) is 8. The predicted molar refractivity (Wildman–Crippen MR) is 140 cm³/mol. The Morgan fingerprint density at radius 3 is 2.76 bits per heavy atom. The van der Waals surface area contributed by atoms with Crippen molar-refractivity contribution in [3.8, 4) is 22.6 Å². The molecule has 0 bridgehead atoms. The summed E-state index contributed by atoms with van der Waals surface area (Å²) >= 11 is 6.82. The van der Waals surface area contributed by atoms with Gasteiger partial charge in [0.2, 0.25) is 0 Å². The van der Waals surface area contributed by atoms with Gasteiger partial charge in [-0.1, -0.05) is 29.8 Å². The number of fused-ring (bicyclic) bond motifs is 2. The van der Waals surface area contributed by atoms with E-state index in [0.29, 0.717) is 52.5 Å². The summed E-state index contributed by atoms with van der Waals surface area (Å²) in [6.45, 7) is 1.71. The number of halogens is 1. The lowest BCUT2D eigenvalue weighted by Gasteiger charge is -2.19. The molecule has 2 aromatic heterocycles. The lowest BCUT2D eigenvalue weighted by atomic mass is 10.0. The lowest BCUT2D eigenvalue weighted by Crippen LogP contribution is -2.37. The molecule has 4 aromatic rings. The average Bonchev–Trinajstić information content (AvgIpc) is 3.22. The highest BCUT2D eigenvalue weighted by Crippen LogP contribution is 2.40. The number of aliphatic hydroxyl groups is 1. The number of aliphatic imine (C=N–C) groups is 1. The number of nitrogens with zero attached hydrogens (tertiary/aromatic N) is 4. The van der Waals surface area contributed by atoms with Gasteiger partial charge in [-0.2, -0.15) is 5.10 Å². The summed E-state index contributed by atoms with van der Waals surface area (Å²) < 4.78 is 13.0. The number of hydrogen-bond donors (Lipinski definition) is 3. The fraction of sp³-hybridized carbons (Fsp3) is 0.231. The van der Waals surface area contributed by atoms with Gasteiger partial charge in [0.15, 0.2) is 22.9 Å². The van der Waals surface area contributed by atoms with Crippen molar-refractivity contribution in [2.75, 3.05) is 25.1 Å². The number of carbonyl (C=O) groups is 1. The standard InChI is InChI=1S/C26H24ClN5O5/c1-26(14-33,25(34)35)28-13-16-7-8-19-23(29-16)24(31-32(19)2)30-18-5-3-4-17(22(18)27)15-6-9-20-21(12-15)37-11-10-36-20/h3-9,12-13,33H,10-11,14H2,1-2H3,(H,30,31)(H,34,35). The molecule has 10 nitrogen and oxygen atoms in total. The predicted octanol–water partition coefficient (Wildman–Crippen LogP) is 4.06. The summed E-state index contributed by atoms with van der Waals surface area (Å²) in [5.74, 6) is 0.613. The first-order valence-corrected chi connectivity index (χ1v) is 11.9. The SMILES string of the molecule is Cn1nc(Nc2cccc(-c3ccc4c(c3)OCCO4)c2Cl)c2nc(C=NC(C)(CO)C(=O)O)ccc21. The number of aromatic nitrogens is 3. The highest BCUT2D eigenvalue weighted by Gasteiger charge is 2.31. The normalized spacial score (nSPS) is 14.6. The van der Waals surface area contributed by atoms with Crippen LogP contribution in [0, 0.1) is 0 Å². The third-order valence-electron chi connectivity index (χ3n) is 6.07. The zero-order valence-electron chi connectivity index (χ0n) is 20.1. The number of carboxylic acids is 1. The van der Waals surface area contributed by atoms with Crippen LogP contribution in [0.3, 0.4) is 0 Å². The second kappa shape index (κ2) is 9.72. The van der Waals surface area contributed by atoms with Crippen molar-refractivity contribution in [1.29, 1.82) is 0 Å². The van der Waals surface area contributed by atoms with Gasteiger partial charge < -0.3 is 25.0 Å². The first kappa shape index (κ1) is 24.5. The zero-order valence-corrected chi connectivity index (χ0v) is 20.9. The molecular formula is C26H24ClN5O5. The van der Waals surface area contributed by atoms with Crippen molar-refractivity contribution in [3.05, 3.63) is 59.2 Å². The molecule has 5 rings (SSSR count). The number of anilines is 2. The molecule has 11 heteroatoms. The smallest absolute Gasteiger partial charge is 0.333 e. The molecule has 0 amide bonds. The number of carboxylic acid groups (broad SMARTS) is 1. The van der Waals surface area contributed by atoms with Gasteiger partial charge in [0.1, 0.15) is 18.7 Å². The van der Waals surface area contributed by atoms with E-state index < -0.39 is 18.1 Å². The molecule has 1 aliphatic heterocycles. The Morgan fingerprint density at radius 1 is 1.22 bits per heavy atom. The van der Waals surface area contributed by atoms with Gasteiger partial charge in [0.25, 0.3) is 0 Å². The first-order chi connectivity index (χ1) is 17.8. The van der Waals surface area contributed by atoms with Crippen molar-refractivity contribution in [3.63, 3.8) is 0 Å². The number of aliphatic carboxylic acids is 1. The second-order valence-electron chi connectivity index (χ2n) is 8.72. The number of benzene rings is 2. The van der Waals surface area contributed by atoms with E-state index in [0.717, 1.165) is 16.6 Å². The molecule has 190 valence electrons. The van der Waals surface area contributed by atoms with Gasteiger partial charge in [0.05, 0.1) is 28.5 Å². The van der Waals surface area contributed by atoms with Crippen LogP contribution in [0.1, 0.15) is 12.6 Å². The minimum absolute atomic E-state index is 0.417. The Hall–Kier alpha value is -4.15. The molecule has 2 aromatic carbocycles. The van der Waals surface area contributed by atoms with Crippen LogP contribution in [0.2, 0.25) is 5.02 Å². The number of nitrogens with one attached hydrogen (secondary N) is 1. The number of ether oxygens (including phenoxy) is 2. The number of aryl methyl sites for hydroxylation is 1. The molecule has 0 radical (unpaired) electrons. The molecule has 37 heavy (non-hydrogen) atoms. The maximum Gasteiger partial charge on any atom is 0.333 e. The quantitative estimate of drug-likeness (QED) is 0.310. The zero-order chi connectivity index (χ0) is 26.2. The maximum atomic E-state index is 11.4. The Morgan fingerprint density at radius 2 is 2.00 bits per heavy atom. The van der Waals surface area contributed by atoms with Crippen molar-refractivity contribution in [1.82, 2.24) is 14.8 Å². The number of pyridine rings is 1. The molecule has 1 unspecified atom stereocenters. The van der Waals surface area contributed by atoms with E-state index in [1.165, 1.54) is 13.1 Å². The first-order valence-electron chi connectivity index (χ1n) is 11.5. The van der Waals surface area contributed by atoms with E-state index in [2.05, 4.69) is 20.4 Å². The maximum absolute atomic E-state index is 11.4. The van der Waals surface area contributed by atoms with Crippen LogP contribution < -0.4 is 14.8 Å². The van der Waals surface area contributed by atoms with Crippen molar-refractivity contribution >= 4 is 46.3 Å². The summed E-state index contributed by atoms with van der Waals surface area (Å²) in [4.78, 5) is 20.1. The van der Waals surface area contributed by atoms with E-state index in [4.69, 9.17) is 21.1 Å². The minimum Gasteiger partial charge on any atom is -0.486 e. The molecule has 3 N–H and O–H groups in total. The Labute approximate surface area is 217 Å². The third kappa shape index (κ3) is 4.68. The minimum atomic E-state index is -1.66. The average molecular weight is 522 g/mol. The monoisotopic (exact) mass is 521 g/mol. The van der Waals surface area contributed by atoms with Gasteiger partial charge in [0, 0.05) is 18.8 Å². The fourth-order valence-corrected chi connectivity index (χ4v) is 4.15. The largest absolute Gasteiger partial charge is 0.486 e. The topological polar surface area (TPSA) is 131 Å². The van der Waals surface area contributed by atoms with E-state index in [-0.39, 0.29) is 0 Å². The van der Waals surface area contributed by atoms with Gasteiger partial charge in [-0.25, -0.2) is 9.78 Å². The number of rotatable bonds is 7. The van der Waals surface area contributed by atoms with Crippen LogP contribution in [0.4, 0.5) is 11.5 Å². The molecule has 0 spiro atoms. The Kier molecular flexibility index (Phi) is 6.45. The highest BCUT2D eigenvalue weighted by molar-refractivity contribution is 6.36. The summed E-state index contributed by atoms with van der Waals surface area (Å²) in [5, 5.41) is 27.1. The Balaban J connectivity index is 1.48. The van der Waals surface area contributed by atoms with Crippen LogP contribution in [-0.4, -0.2) is 62.5 Å². The van der Waals surface area contributed by atoms with Gasteiger partial charge in [-0.05, 0) is 42.8 Å². The third-order valence-corrected chi connectivity index (χ3v) is 6.48. The summed E-state index contributed by atoms with van der Waals surface area (Å²) in [7, 11) is 1.80. The van der Waals surface area contributed by atoms with Crippen LogP contribution in [-0.2, 0) is 11.8 Å². The van der Waals surface area contributed by atoms with E-state index >= 15 is 0 Å². The molecule has 0 aliphatic carbocycles. The summed E-state index contributed by atoms with van der Waals surface area (Å²) in [6.07, 6.45) is 1.33. The lowest BCUT2D eigenvalue weighted by molar-refractivity contribution is -0.143. The van der Waals surface area contributed by atoms with Crippen LogP contribution in [0.25, 0.3) is 22.2 Å². The van der Waals surface area contributed by atoms with E-state index in [1.54, 1.807) is 17.8 Å². The van der Waals surface area contributed by atoms with Crippen LogP contribution in [0.15, 0.2) is 53.5 Å². The van der Waals surface area contributed by atoms with Gasteiger partial charge in [-0.15, -0.1) is 0 Å². The van der Waals surface area contributed by atoms with Crippen molar-refractivity contribution in [2.24, 2.45) is 12.0 Å².